The van der Waals surface area contributed by atoms with E-state index in [0.29, 0.717) is 39.1 Å². The Bertz CT molecular complexity index is 701. The van der Waals surface area contributed by atoms with E-state index in [-0.39, 0.29) is 24.3 Å². The monoisotopic (exact) mass is 405 g/mol. The van der Waals surface area contributed by atoms with Crippen LogP contribution in [0.3, 0.4) is 0 Å². The number of esters is 2. The fourth-order valence-electron chi connectivity index (χ4n) is 2.90. The van der Waals surface area contributed by atoms with Crippen molar-refractivity contribution >= 4 is 23.9 Å². The lowest BCUT2D eigenvalue weighted by molar-refractivity contribution is -0.154. The van der Waals surface area contributed by atoms with E-state index in [2.05, 4.69) is 10.6 Å². The van der Waals surface area contributed by atoms with Crippen LogP contribution in [0.15, 0.2) is 30.3 Å². The summed E-state index contributed by atoms with van der Waals surface area (Å²) >= 11 is 0. The van der Waals surface area contributed by atoms with Gasteiger partial charge in [-0.2, -0.15) is 0 Å². The molecule has 9 heteroatoms. The predicted molar refractivity (Wildman–Crippen MR) is 104 cm³/mol. The first-order chi connectivity index (χ1) is 14.0. The van der Waals surface area contributed by atoms with Gasteiger partial charge in [0.1, 0.15) is 6.54 Å². The fourth-order valence-corrected chi connectivity index (χ4v) is 2.90. The third-order valence-corrected chi connectivity index (χ3v) is 4.51. The summed E-state index contributed by atoms with van der Waals surface area (Å²) in [6, 6.07) is 8.85. The molecule has 2 rings (SSSR count). The van der Waals surface area contributed by atoms with Crippen LogP contribution in [0.1, 0.15) is 25.3 Å². The van der Waals surface area contributed by atoms with Crippen molar-refractivity contribution < 1.29 is 28.7 Å². The molecule has 1 saturated heterocycles. The van der Waals surface area contributed by atoms with Gasteiger partial charge in [0.05, 0.1) is 12.5 Å². The predicted octanol–water partition coefficient (Wildman–Crippen LogP) is 0.831. The summed E-state index contributed by atoms with van der Waals surface area (Å²) in [5.74, 6) is -1.45. The average molecular weight is 405 g/mol. The largest absolute Gasteiger partial charge is 0.466 e. The van der Waals surface area contributed by atoms with Crippen LogP contribution in [-0.2, 0) is 30.4 Å². The van der Waals surface area contributed by atoms with Gasteiger partial charge in [0.15, 0.2) is 6.61 Å². The van der Waals surface area contributed by atoms with Gasteiger partial charge < -0.3 is 25.0 Å². The van der Waals surface area contributed by atoms with Crippen LogP contribution in [0, 0.1) is 5.92 Å². The van der Waals surface area contributed by atoms with Crippen molar-refractivity contribution in [3.63, 3.8) is 0 Å². The number of carbonyl (C=O) groups is 4. The molecule has 1 aliphatic heterocycles. The first-order valence-electron chi connectivity index (χ1n) is 9.65. The maximum Gasteiger partial charge on any atom is 0.325 e. The Morgan fingerprint density at radius 3 is 2.38 bits per heavy atom. The zero-order chi connectivity index (χ0) is 21.1. The lowest BCUT2D eigenvalue weighted by Gasteiger charge is -2.30. The maximum atomic E-state index is 12.1. The number of hydrogen-bond donors (Lipinski definition) is 2. The summed E-state index contributed by atoms with van der Waals surface area (Å²) in [5, 5.41) is 5.01. The van der Waals surface area contributed by atoms with Crippen molar-refractivity contribution in [2.24, 2.45) is 5.92 Å². The summed E-state index contributed by atoms with van der Waals surface area (Å²) in [5.41, 5.74) is 0.933. The molecule has 29 heavy (non-hydrogen) atoms. The van der Waals surface area contributed by atoms with Crippen molar-refractivity contribution in [2.45, 2.75) is 26.3 Å². The Morgan fingerprint density at radius 2 is 1.72 bits per heavy atom. The number of piperidine rings is 1. The molecule has 1 aromatic carbocycles. The van der Waals surface area contributed by atoms with Gasteiger partial charge in [-0.15, -0.1) is 0 Å². The van der Waals surface area contributed by atoms with Crippen LogP contribution in [0.2, 0.25) is 0 Å². The number of likely N-dealkylation sites (tertiary alicyclic amines) is 1. The average Bonchev–Trinajstić information content (AvgIpc) is 2.75. The number of nitrogens with one attached hydrogen (secondary N) is 2. The Morgan fingerprint density at radius 1 is 1.03 bits per heavy atom. The van der Waals surface area contributed by atoms with Crippen LogP contribution in [-0.4, -0.2) is 61.6 Å². The highest BCUT2D eigenvalue weighted by atomic mass is 16.5. The first kappa shape index (κ1) is 22.2. The molecular formula is C20H27N3O6. The van der Waals surface area contributed by atoms with Gasteiger partial charge >= 0.3 is 18.0 Å². The molecule has 1 fully saturated rings. The van der Waals surface area contributed by atoms with E-state index in [1.54, 1.807) is 11.8 Å². The van der Waals surface area contributed by atoms with Crippen LogP contribution < -0.4 is 10.6 Å². The topological polar surface area (TPSA) is 114 Å². The number of urea groups is 1. The molecule has 3 amide bonds. The fraction of sp³-hybridized carbons (Fsp3) is 0.500. The Kier molecular flexibility index (Phi) is 8.94. The quantitative estimate of drug-likeness (QED) is 0.620. The van der Waals surface area contributed by atoms with E-state index in [9.17, 15) is 19.2 Å². The van der Waals surface area contributed by atoms with Crippen molar-refractivity contribution in [1.82, 2.24) is 15.5 Å². The zero-order valence-electron chi connectivity index (χ0n) is 16.5. The summed E-state index contributed by atoms with van der Waals surface area (Å²) in [4.78, 5) is 48.8. The minimum atomic E-state index is -0.699. The second kappa shape index (κ2) is 11.7. The minimum Gasteiger partial charge on any atom is -0.466 e. The minimum absolute atomic E-state index is 0.194. The Labute approximate surface area is 169 Å². The lowest BCUT2D eigenvalue weighted by atomic mass is 9.97. The van der Waals surface area contributed by atoms with Gasteiger partial charge in [-0.25, -0.2) is 4.79 Å². The zero-order valence-corrected chi connectivity index (χ0v) is 16.5. The molecule has 0 unspecified atom stereocenters. The van der Waals surface area contributed by atoms with Crippen molar-refractivity contribution in [2.75, 3.05) is 32.8 Å². The van der Waals surface area contributed by atoms with E-state index < -0.39 is 18.6 Å². The lowest BCUT2D eigenvalue weighted by Crippen LogP contribution is -2.43. The summed E-state index contributed by atoms with van der Waals surface area (Å²) < 4.78 is 9.91. The van der Waals surface area contributed by atoms with E-state index >= 15 is 0 Å². The van der Waals surface area contributed by atoms with Gasteiger partial charge in [0.25, 0.3) is 5.91 Å². The standard InChI is InChI=1S/C20H27N3O6/c1-2-28-19(26)16-8-10-23(11-9-16)17(24)14-29-18(25)13-22-20(27)21-12-15-6-4-3-5-7-15/h3-7,16H,2,8-14H2,1H3,(H2,21,22,27). The number of carbonyl (C=O) groups excluding carboxylic acids is 4. The molecule has 0 saturated carbocycles. The molecule has 1 aliphatic rings. The van der Waals surface area contributed by atoms with Crippen molar-refractivity contribution in [3.05, 3.63) is 35.9 Å². The smallest absolute Gasteiger partial charge is 0.325 e. The molecule has 0 aromatic heterocycles. The van der Waals surface area contributed by atoms with Crippen molar-refractivity contribution in [3.8, 4) is 0 Å². The Balaban J connectivity index is 1.59. The molecule has 1 aromatic rings. The molecule has 2 N–H and O–H groups in total. The molecule has 0 atom stereocenters. The summed E-state index contributed by atoms with van der Waals surface area (Å²) in [6.45, 7) is 2.54. The molecule has 0 aliphatic carbocycles. The number of nitrogens with zero attached hydrogens (tertiary/aromatic N) is 1. The summed E-state index contributed by atoms with van der Waals surface area (Å²) in [7, 11) is 0. The van der Waals surface area contributed by atoms with Crippen LogP contribution in [0.25, 0.3) is 0 Å². The molecular weight excluding hydrogens is 378 g/mol. The number of rotatable bonds is 8. The number of benzene rings is 1. The van der Waals surface area contributed by atoms with Gasteiger partial charge in [0, 0.05) is 19.6 Å². The van der Waals surface area contributed by atoms with Gasteiger partial charge in [-0.05, 0) is 25.3 Å². The van der Waals surface area contributed by atoms with Gasteiger partial charge in [-0.1, -0.05) is 30.3 Å². The third-order valence-electron chi connectivity index (χ3n) is 4.51. The van der Waals surface area contributed by atoms with Crippen LogP contribution in [0.5, 0.6) is 0 Å². The van der Waals surface area contributed by atoms with Crippen LogP contribution in [0.4, 0.5) is 4.79 Å². The highest BCUT2D eigenvalue weighted by molar-refractivity contribution is 5.84. The van der Waals surface area contributed by atoms with Crippen molar-refractivity contribution in [1.29, 1.82) is 0 Å². The van der Waals surface area contributed by atoms with E-state index in [1.165, 1.54) is 0 Å². The Hall–Kier alpha value is -3.10. The second-order valence-corrected chi connectivity index (χ2v) is 6.59. The molecule has 158 valence electrons. The third kappa shape index (κ3) is 7.81. The highest BCUT2D eigenvalue weighted by Gasteiger charge is 2.28. The maximum absolute atomic E-state index is 12.1. The molecule has 9 nitrogen and oxygen atoms in total. The molecule has 0 bridgehead atoms. The number of amides is 3. The van der Waals surface area contributed by atoms with E-state index in [0.717, 1.165) is 5.56 Å². The van der Waals surface area contributed by atoms with Crippen LogP contribution >= 0.6 is 0 Å². The highest BCUT2D eigenvalue weighted by Crippen LogP contribution is 2.18. The normalized spacial score (nSPS) is 14.0. The summed E-state index contributed by atoms with van der Waals surface area (Å²) in [6.07, 6.45) is 1.06. The molecule has 0 spiro atoms. The molecule has 0 radical (unpaired) electrons. The van der Waals surface area contributed by atoms with Gasteiger partial charge in [-0.3, -0.25) is 14.4 Å². The first-order valence-corrected chi connectivity index (χ1v) is 9.65. The second-order valence-electron chi connectivity index (χ2n) is 6.59. The SMILES string of the molecule is CCOC(=O)C1CCN(C(=O)COC(=O)CNC(=O)NCc2ccccc2)CC1. The molecule has 1 heterocycles. The number of ether oxygens (including phenoxy) is 2. The van der Waals surface area contributed by atoms with Gasteiger partial charge in [0.2, 0.25) is 0 Å². The van der Waals surface area contributed by atoms with E-state index in [4.69, 9.17) is 9.47 Å². The number of hydrogen-bond acceptors (Lipinski definition) is 6. The van der Waals surface area contributed by atoms with E-state index in [1.807, 2.05) is 30.3 Å².